The van der Waals surface area contributed by atoms with Gasteiger partial charge in [0.05, 0.1) is 11.5 Å². The fraction of sp³-hybridized carbons (Fsp3) is 0.828. The van der Waals surface area contributed by atoms with Crippen LogP contribution in [0.5, 0.6) is 0 Å². The van der Waals surface area contributed by atoms with Crippen LogP contribution in [-0.4, -0.2) is 34.0 Å². The molecule has 1 aliphatic heterocycles. The van der Waals surface area contributed by atoms with Gasteiger partial charge in [-0.3, -0.25) is 4.79 Å². The molecule has 33 heavy (non-hydrogen) atoms. The summed E-state index contributed by atoms with van der Waals surface area (Å²) in [5.74, 6) is 1.81. The quantitative estimate of drug-likeness (QED) is 0.397. The predicted octanol–water partition coefficient (Wildman–Crippen LogP) is 5.04. The number of esters is 1. The second-order valence-electron chi connectivity index (χ2n) is 13.7. The fourth-order valence-corrected chi connectivity index (χ4v) is 10.7. The third-order valence-electron chi connectivity index (χ3n) is 12.9. The molecule has 4 nitrogen and oxygen atoms in total. The first-order valence-corrected chi connectivity index (χ1v) is 13.4. The Morgan fingerprint density at radius 1 is 1.06 bits per heavy atom. The summed E-state index contributed by atoms with van der Waals surface area (Å²) in [6, 6.07) is 0. The number of carbonyl (C=O) groups is 1. The van der Waals surface area contributed by atoms with E-state index in [0.717, 1.165) is 44.1 Å². The van der Waals surface area contributed by atoms with Gasteiger partial charge in [-0.15, -0.1) is 0 Å². The fourth-order valence-electron chi connectivity index (χ4n) is 10.7. The molecule has 12 atom stereocenters. The van der Waals surface area contributed by atoms with Gasteiger partial charge < -0.3 is 14.9 Å². The van der Waals surface area contributed by atoms with Crippen LogP contribution in [0.3, 0.4) is 0 Å². The standard InChI is InChI=1S/C29H42O4/c1-16-7-11-28-14-13-27(6)26(5)10-8-19-18(3)22(31)20(30)15-25(19,4)21(26)9-12-29(27,33-24(28)32)23(28)17(16)2/h9,12,16-17,19-23,30-31H,3,7-8,10-11,13-15H2,1-2,4-6H3/t16-,17+,19?,20?,21-,22?,23-,25+,26-,27+,28+,29?/m1/s1. The van der Waals surface area contributed by atoms with Crippen molar-refractivity contribution in [2.24, 2.45) is 51.2 Å². The van der Waals surface area contributed by atoms with Crippen LogP contribution in [0.4, 0.5) is 0 Å². The van der Waals surface area contributed by atoms with E-state index < -0.39 is 17.8 Å². The summed E-state index contributed by atoms with van der Waals surface area (Å²) in [4.78, 5) is 13.6. The number of fused-ring (bicyclic) bond motifs is 4. The molecule has 6 aliphatic rings. The lowest BCUT2D eigenvalue weighted by atomic mass is 9.33. The molecule has 182 valence electrons. The van der Waals surface area contributed by atoms with Crippen molar-refractivity contribution in [2.45, 2.75) is 97.4 Å². The summed E-state index contributed by atoms with van der Waals surface area (Å²) < 4.78 is 6.65. The molecule has 0 radical (unpaired) electrons. The van der Waals surface area contributed by atoms with Crippen LogP contribution in [0.25, 0.3) is 0 Å². The molecule has 0 aromatic heterocycles. The lowest BCUT2D eigenvalue weighted by Crippen LogP contribution is -2.70. The second-order valence-corrected chi connectivity index (χ2v) is 13.7. The van der Waals surface area contributed by atoms with Gasteiger partial charge in [-0.2, -0.15) is 0 Å². The molecule has 2 N–H and O–H groups in total. The normalized spacial score (nSPS) is 61.5. The highest BCUT2D eigenvalue weighted by molar-refractivity contribution is 5.82. The van der Waals surface area contributed by atoms with E-state index in [1.54, 1.807) is 0 Å². The summed E-state index contributed by atoms with van der Waals surface area (Å²) in [6.45, 7) is 16.1. The SMILES string of the molecule is C=C1C(O)C(O)C[C@@]2(C)C1CC[C@]1(C)[C@@H]2C=CC23OC(=O)[C@@]4(CC[C@@H](C)[C@H](C)[C@@H]24)CC[C@]31C. The average molecular weight is 455 g/mol. The summed E-state index contributed by atoms with van der Waals surface area (Å²) in [7, 11) is 0. The van der Waals surface area contributed by atoms with Crippen LogP contribution >= 0.6 is 0 Å². The zero-order valence-corrected chi connectivity index (χ0v) is 21.1. The summed E-state index contributed by atoms with van der Waals surface area (Å²) >= 11 is 0. The Bertz CT molecular complexity index is 955. The van der Waals surface area contributed by atoms with Gasteiger partial charge in [-0.1, -0.05) is 47.3 Å². The van der Waals surface area contributed by atoms with Gasteiger partial charge >= 0.3 is 5.97 Å². The zero-order valence-electron chi connectivity index (χ0n) is 21.1. The topological polar surface area (TPSA) is 66.8 Å². The Morgan fingerprint density at radius 2 is 1.79 bits per heavy atom. The second kappa shape index (κ2) is 6.35. The van der Waals surface area contributed by atoms with Gasteiger partial charge in [0.25, 0.3) is 0 Å². The molecule has 1 saturated heterocycles. The van der Waals surface area contributed by atoms with E-state index >= 15 is 0 Å². The van der Waals surface area contributed by atoms with Crippen LogP contribution in [0.2, 0.25) is 0 Å². The molecule has 4 heteroatoms. The highest BCUT2D eigenvalue weighted by atomic mass is 16.6. The minimum atomic E-state index is -0.822. The Hall–Kier alpha value is -1.13. The number of ether oxygens (including phenoxy) is 1. The molecule has 1 spiro atoms. The van der Waals surface area contributed by atoms with Crippen LogP contribution in [0, 0.1) is 51.2 Å². The maximum Gasteiger partial charge on any atom is 0.313 e. The van der Waals surface area contributed by atoms with Crippen molar-refractivity contribution in [1.29, 1.82) is 0 Å². The van der Waals surface area contributed by atoms with E-state index in [-0.39, 0.29) is 45.4 Å². The molecule has 0 aromatic carbocycles. The molecule has 4 saturated carbocycles. The Balaban J connectivity index is 1.52. The third-order valence-corrected chi connectivity index (χ3v) is 12.9. The summed E-state index contributed by atoms with van der Waals surface area (Å²) in [6.07, 6.45) is 9.76. The summed E-state index contributed by atoms with van der Waals surface area (Å²) in [5, 5.41) is 21.3. The number of hydrogen-bond acceptors (Lipinski definition) is 4. The van der Waals surface area contributed by atoms with Crippen LogP contribution in [0.1, 0.15) is 79.6 Å². The van der Waals surface area contributed by atoms with Gasteiger partial charge in [0.2, 0.25) is 0 Å². The number of aliphatic hydroxyl groups excluding tert-OH is 2. The van der Waals surface area contributed by atoms with E-state index in [1.807, 2.05) is 0 Å². The van der Waals surface area contributed by atoms with Gasteiger partial charge in [0.15, 0.2) is 0 Å². The molecule has 1 heterocycles. The van der Waals surface area contributed by atoms with Crippen molar-refractivity contribution < 1.29 is 19.7 Å². The number of rotatable bonds is 0. The molecule has 6 rings (SSSR count). The monoisotopic (exact) mass is 454 g/mol. The molecular weight excluding hydrogens is 412 g/mol. The minimum absolute atomic E-state index is 0.0491. The smallest absolute Gasteiger partial charge is 0.313 e. The maximum atomic E-state index is 13.6. The van der Waals surface area contributed by atoms with E-state index in [4.69, 9.17) is 4.74 Å². The molecular formula is C29H42O4. The van der Waals surface area contributed by atoms with Gasteiger partial charge in [0.1, 0.15) is 11.7 Å². The van der Waals surface area contributed by atoms with Gasteiger partial charge in [0, 0.05) is 11.3 Å². The van der Waals surface area contributed by atoms with Crippen molar-refractivity contribution in [1.82, 2.24) is 0 Å². The Kier molecular flexibility index (Phi) is 4.30. The highest BCUT2D eigenvalue weighted by Crippen LogP contribution is 2.78. The number of hydrogen-bond donors (Lipinski definition) is 2. The first kappa shape index (κ1) is 22.3. The predicted molar refractivity (Wildman–Crippen MR) is 127 cm³/mol. The van der Waals surface area contributed by atoms with Crippen molar-refractivity contribution in [3.63, 3.8) is 0 Å². The van der Waals surface area contributed by atoms with Crippen LogP contribution in [0.15, 0.2) is 24.3 Å². The van der Waals surface area contributed by atoms with Crippen molar-refractivity contribution in [2.75, 3.05) is 0 Å². The van der Waals surface area contributed by atoms with Crippen molar-refractivity contribution in [3.8, 4) is 0 Å². The third kappa shape index (κ3) is 2.21. The maximum absolute atomic E-state index is 13.6. The Morgan fingerprint density at radius 3 is 2.52 bits per heavy atom. The van der Waals surface area contributed by atoms with Crippen molar-refractivity contribution in [3.05, 3.63) is 24.3 Å². The van der Waals surface area contributed by atoms with E-state index in [2.05, 4.69) is 53.3 Å². The first-order valence-electron chi connectivity index (χ1n) is 13.4. The lowest BCUT2D eigenvalue weighted by molar-refractivity contribution is -0.231. The average Bonchev–Trinajstić information content (AvgIpc) is 2.95. The molecule has 0 amide bonds. The minimum Gasteiger partial charge on any atom is -0.453 e. The van der Waals surface area contributed by atoms with Gasteiger partial charge in [-0.25, -0.2) is 0 Å². The van der Waals surface area contributed by atoms with Crippen molar-refractivity contribution >= 4 is 5.97 Å². The molecule has 0 aromatic rings. The molecule has 5 aliphatic carbocycles. The van der Waals surface area contributed by atoms with E-state index in [0.29, 0.717) is 18.3 Å². The number of allylic oxidation sites excluding steroid dienone is 1. The number of aliphatic hydroxyl groups is 2. The zero-order chi connectivity index (χ0) is 23.8. The Labute approximate surface area is 198 Å². The lowest BCUT2D eigenvalue weighted by Gasteiger charge is -2.71. The summed E-state index contributed by atoms with van der Waals surface area (Å²) in [5.41, 5.74) is -0.393. The van der Waals surface area contributed by atoms with Gasteiger partial charge in [-0.05, 0) is 91.1 Å². The van der Waals surface area contributed by atoms with E-state index in [9.17, 15) is 15.0 Å². The molecule has 5 fully saturated rings. The largest absolute Gasteiger partial charge is 0.453 e. The molecule has 4 unspecified atom stereocenters. The highest BCUT2D eigenvalue weighted by Gasteiger charge is 2.80. The first-order chi connectivity index (χ1) is 15.4. The van der Waals surface area contributed by atoms with E-state index in [1.165, 1.54) is 0 Å². The molecule has 2 bridgehead atoms. The number of carbonyl (C=O) groups excluding carboxylic acids is 1. The van der Waals surface area contributed by atoms with Crippen LogP contribution in [-0.2, 0) is 9.53 Å². The van der Waals surface area contributed by atoms with Crippen LogP contribution < -0.4 is 0 Å².